The summed E-state index contributed by atoms with van der Waals surface area (Å²) in [5.74, 6) is 0.872. The Morgan fingerprint density at radius 1 is 1.76 bits per heavy atom. The van der Waals surface area contributed by atoms with Crippen molar-refractivity contribution in [1.82, 2.24) is 9.88 Å². The predicted molar refractivity (Wildman–Crippen MR) is 68.3 cm³/mol. The molecule has 0 saturated carbocycles. The molecule has 1 atom stereocenters. The molecule has 0 aliphatic heterocycles. The largest absolute Gasteiger partial charge is 0.394 e. The average Bonchev–Trinajstić information content (AvgIpc) is 2.35. The van der Waals surface area contributed by atoms with E-state index in [1.54, 1.807) is 32.3 Å². The number of nitrogens with zero attached hydrogens (tertiary/aromatic N) is 3. The summed E-state index contributed by atoms with van der Waals surface area (Å²) in [6.07, 6.45) is 2.73. The number of nitrogens with one attached hydrogen (secondary N) is 1. The summed E-state index contributed by atoms with van der Waals surface area (Å²) in [4.78, 5) is 9.83. The second kappa shape index (κ2) is 5.95. The molecule has 0 unspecified atom stereocenters. The molecule has 92 valence electrons. The van der Waals surface area contributed by atoms with Gasteiger partial charge in [0, 0.05) is 13.2 Å². The monoisotopic (exact) mass is 235 g/mol. The van der Waals surface area contributed by atoms with Crippen LogP contribution in [0.25, 0.3) is 0 Å². The molecule has 0 aromatic carbocycles. The minimum Gasteiger partial charge on any atom is -0.394 e. The van der Waals surface area contributed by atoms with Gasteiger partial charge in [0.25, 0.3) is 0 Å². The first-order valence-electron chi connectivity index (χ1n) is 5.23. The lowest BCUT2D eigenvalue weighted by Gasteiger charge is -2.18. The molecule has 0 saturated heterocycles. The van der Waals surface area contributed by atoms with E-state index in [0.29, 0.717) is 17.2 Å². The molecule has 0 fully saturated rings. The fraction of sp³-hybridized carbons (Fsp3) is 0.364. The maximum atomic E-state index is 9.02. The molecule has 4 N–H and O–H groups in total. The topological polar surface area (TPSA) is 98.6 Å². The van der Waals surface area contributed by atoms with Crippen LogP contribution in [0, 0.1) is 5.41 Å². The van der Waals surface area contributed by atoms with E-state index in [0.717, 1.165) is 6.34 Å². The van der Waals surface area contributed by atoms with E-state index >= 15 is 0 Å². The highest BCUT2D eigenvalue weighted by Gasteiger charge is 2.13. The number of nitrogens with two attached hydrogens (primary N) is 1. The number of aliphatic hydroxyl groups is 1. The Bertz CT molecular complexity index is 418. The summed E-state index contributed by atoms with van der Waals surface area (Å²) in [7, 11) is 1.70. The van der Waals surface area contributed by atoms with Gasteiger partial charge in [-0.3, -0.25) is 10.4 Å². The quantitative estimate of drug-likeness (QED) is 0.517. The molecule has 1 aromatic heterocycles. The molecule has 0 bridgehead atoms. The first-order valence-corrected chi connectivity index (χ1v) is 5.23. The highest BCUT2D eigenvalue weighted by atomic mass is 16.3. The minimum atomic E-state index is -0.257. The molecule has 1 aromatic rings. The summed E-state index contributed by atoms with van der Waals surface area (Å²) in [6.45, 7) is 1.72. The van der Waals surface area contributed by atoms with Gasteiger partial charge in [-0.25, -0.2) is 4.98 Å². The first kappa shape index (κ1) is 13.1. The molecule has 0 spiro atoms. The highest BCUT2D eigenvalue weighted by molar-refractivity contribution is 6.06. The molecule has 0 aliphatic rings. The summed E-state index contributed by atoms with van der Waals surface area (Å²) in [6, 6.07) is 3.28. The van der Waals surface area contributed by atoms with Gasteiger partial charge in [-0.2, -0.15) is 0 Å². The summed E-state index contributed by atoms with van der Waals surface area (Å²) < 4.78 is 0. The number of aliphatic hydroxyl groups excluding tert-OH is 1. The molecule has 0 radical (unpaired) electrons. The van der Waals surface area contributed by atoms with Gasteiger partial charge in [0.15, 0.2) is 0 Å². The fourth-order valence-electron chi connectivity index (χ4n) is 1.27. The Labute approximate surface area is 100 Å². The average molecular weight is 235 g/mol. The molecular weight excluding hydrogens is 218 g/mol. The van der Waals surface area contributed by atoms with Gasteiger partial charge in [0.2, 0.25) is 0 Å². The second-order valence-electron chi connectivity index (χ2n) is 3.66. The first-order chi connectivity index (χ1) is 8.10. The van der Waals surface area contributed by atoms with Crippen molar-refractivity contribution in [1.29, 1.82) is 5.41 Å². The van der Waals surface area contributed by atoms with Gasteiger partial charge in [-0.1, -0.05) is 0 Å². The van der Waals surface area contributed by atoms with E-state index in [-0.39, 0.29) is 12.6 Å². The van der Waals surface area contributed by atoms with Crippen molar-refractivity contribution in [3.05, 3.63) is 23.9 Å². The number of hydrogen-bond acceptors (Lipinski definition) is 5. The van der Waals surface area contributed by atoms with Gasteiger partial charge < -0.3 is 15.7 Å². The number of nitrogen functional groups attached to an aromatic ring is 1. The third kappa shape index (κ3) is 3.25. The van der Waals surface area contributed by atoms with Crippen molar-refractivity contribution in [2.24, 2.45) is 4.99 Å². The zero-order valence-electron chi connectivity index (χ0n) is 9.96. The predicted octanol–water partition coefficient (Wildman–Crippen LogP) is 0.330. The molecule has 1 heterocycles. The number of hydrogen-bond donors (Lipinski definition) is 3. The molecule has 0 amide bonds. The maximum absolute atomic E-state index is 9.02. The Morgan fingerprint density at radius 2 is 2.47 bits per heavy atom. The van der Waals surface area contributed by atoms with Gasteiger partial charge in [0.1, 0.15) is 11.7 Å². The molecule has 6 heteroatoms. The number of pyridine rings is 1. The summed E-state index contributed by atoms with van der Waals surface area (Å²) in [5, 5.41) is 16.3. The molecule has 1 rings (SSSR count). The standard InChI is InChI=1S/C11H17N5O/c1-8(6-17)15-11(16(2)7-12)9-4-3-5-14-10(9)13/h3-5,7-8,12,17H,6H2,1-2H3,(H2,13,14)/t8-/m0/s1. The Hall–Kier alpha value is -1.95. The van der Waals surface area contributed by atoms with Crippen LogP contribution < -0.4 is 5.73 Å². The normalized spacial score (nSPS) is 13.2. The molecule has 0 aliphatic carbocycles. The Balaban J connectivity index is 3.20. The van der Waals surface area contributed by atoms with Crippen LogP contribution in [-0.4, -0.2) is 46.9 Å². The lowest BCUT2D eigenvalue weighted by Crippen LogP contribution is -2.29. The van der Waals surface area contributed by atoms with E-state index in [1.807, 2.05) is 0 Å². The van der Waals surface area contributed by atoms with Crippen LogP contribution >= 0.6 is 0 Å². The number of rotatable bonds is 4. The third-order valence-electron chi connectivity index (χ3n) is 2.21. The van der Waals surface area contributed by atoms with Crippen LogP contribution in [-0.2, 0) is 0 Å². The smallest absolute Gasteiger partial charge is 0.139 e. The Morgan fingerprint density at radius 3 is 3.00 bits per heavy atom. The summed E-state index contributed by atoms with van der Waals surface area (Å²) in [5.41, 5.74) is 6.43. The van der Waals surface area contributed by atoms with Crippen molar-refractivity contribution in [3.8, 4) is 0 Å². The number of aromatic nitrogens is 1. The molecular formula is C11H17N5O. The van der Waals surface area contributed by atoms with Crippen molar-refractivity contribution in [2.75, 3.05) is 19.4 Å². The van der Waals surface area contributed by atoms with Crippen LogP contribution in [0.15, 0.2) is 23.3 Å². The second-order valence-corrected chi connectivity index (χ2v) is 3.66. The lowest BCUT2D eigenvalue weighted by molar-refractivity contribution is 0.274. The number of aliphatic imine (C=N–C) groups is 1. The van der Waals surface area contributed by atoms with Crippen molar-refractivity contribution < 1.29 is 5.11 Å². The van der Waals surface area contributed by atoms with E-state index in [4.69, 9.17) is 16.2 Å². The van der Waals surface area contributed by atoms with Crippen LogP contribution in [0.4, 0.5) is 5.82 Å². The van der Waals surface area contributed by atoms with E-state index in [2.05, 4.69) is 9.98 Å². The van der Waals surface area contributed by atoms with Crippen molar-refractivity contribution in [3.63, 3.8) is 0 Å². The zero-order valence-corrected chi connectivity index (χ0v) is 9.96. The highest BCUT2D eigenvalue weighted by Crippen LogP contribution is 2.11. The van der Waals surface area contributed by atoms with Crippen molar-refractivity contribution in [2.45, 2.75) is 13.0 Å². The summed E-state index contributed by atoms with van der Waals surface area (Å²) >= 11 is 0. The maximum Gasteiger partial charge on any atom is 0.139 e. The zero-order chi connectivity index (χ0) is 12.8. The fourth-order valence-corrected chi connectivity index (χ4v) is 1.27. The van der Waals surface area contributed by atoms with Gasteiger partial charge in [-0.05, 0) is 19.1 Å². The van der Waals surface area contributed by atoms with Crippen LogP contribution in [0.5, 0.6) is 0 Å². The van der Waals surface area contributed by atoms with E-state index in [1.165, 1.54) is 4.90 Å². The van der Waals surface area contributed by atoms with Gasteiger partial charge >= 0.3 is 0 Å². The van der Waals surface area contributed by atoms with Crippen LogP contribution in [0.1, 0.15) is 12.5 Å². The van der Waals surface area contributed by atoms with E-state index in [9.17, 15) is 0 Å². The van der Waals surface area contributed by atoms with E-state index < -0.39 is 0 Å². The lowest BCUT2D eigenvalue weighted by atomic mass is 10.2. The molecule has 6 nitrogen and oxygen atoms in total. The van der Waals surface area contributed by atoms with Crippen LogP contribution in [0.3, 0.4) is 0 Å². The van der Waals surface area contributed by atoms with Crippen LogP contribution in [0.2, 0.25) is 0 Å². The van der Waals surface area contributed by atoms with Crippen molar-refractivity contribution >= 4 is 18.0 Å². The van der Waals surface area contributed by atoms with Gasteiger partial charge in [0.05, 0.1) is 24.6 Å². The van der Waals surface area contributed by atoms with Gasteiger partial charge in [-0.15, -0.1) is 0 Å². The number of amidine groups is 1. The molecule has 17 heavy (non-hydrogen) atoms. The third-order valence-corrected chi connectivity index (χ3v) is 2.21. The minimum absolute atomic E-state index is 0.0600. The SMILES string of the molecule is C[C@@H](CO)N=C(c1cccnc1N)N(C)C=N. The Kier molecular flexibility index (Phi) is 4.59. The number of anilines is 1.